The fourth-order valence-electron chi connectivity index (χ4n) is 4.54. The molecule has 8 heteroatoms. The summed E-state index contributed by atoms with van der Waals surface area (Å²) >= 11 is 0. The predicted octanol–water partition coefficient (Wildman–Crippen LogP) is 3.39. The van der Waals surface area contributed by atoms with Crippen molar-refractivity contribution in [2.75, 3.05) is 0 Å². The standard InChI is InChI=1S/C26H26N2O6/c1-15-10-22(33-23(29)11-16-13-27-20-8-4-2-6-18(16)20)25(26(31)32-15)34-24(30)12-17-14-28-21-9-5-3-7-19(17)21/h2-9,13-15,22,25-28,31H,10-12H2,1H3/t15-,22+,25+,26?/m0/s1. The summed E-state index contributed by atoms with van der Waals surface area (Å²) in [5, 5.41) is 12.3. The number of carbonyl (C=O) groups excluding carboxylic acids is 2. The van der Waals surface area contributed by atoms with Gasteiger partial charge in [0.15, 0.2) is 12.4 Å². The number of carbonyl (C=O) groups is 2. The maximum atomic E-state index is 12.8. The van der Waals surface area contributed by atoms with Crippen molar-refractivity contribution in [1.29, 1.82) is 0 Å². The van der Waals surface area contributed by atoms with Crippen LogP contribution in [0.15, 0.2) is 60.9 Å². The van der Waals surface area contributed by atoms with Crippen molar-refractivity contribution in [2.45, 2.75) is 50.8 Å². The molecule has 4 atom stereocenters. The van der Waals surface area contributed by atoms with Crippen LogP contribution in [0, 0.1) is 0 Å². The Balaban J connectivity index is 1.27. The molecule has 1 fully saturated rings. The number of benzene rings is 2. The first-order chi connectivity index (χ1) is 16.5. The third kappa shape index (κ3) is 4.55. The smallest absolute Gasteiger partial charge is 0.310 e. The number of aromatic nitrogens is 2. The first-order valence-electron chi connectivity index (χ1n) is 11.3. The summed E-state index contributed by atoms with van der Waals surface area (Å²) in [5.74, 6) is -1.00. The van der Waals surface area contributed by atoms with Crippen LogP contribution in [-0.2, 0) is 36.6 Å². The van der Waals surface area contributed by atoms with E-state index < -0.39 is 30.4 Å². The molecule has 4 aromatic rings. The molecule has 1 unspecified atom stereocenters. The Morgan fingerprint density at radius 1 is 0.912 bits per heavy atom. The molecule has 2 aromatic carbocycles. The summed E-state index contributed by atoms with van der Waals surface area (Å²) in [7, 11) is 0. The zero-order valence-corrected chi connectivity index (χ0v) is 18.7. The van der Waals surface area contributed by atoms with Gasteiger partial charge in [-0.2, -0.15) is 0 Å². The Labute approximate surface area is 195 Å². The van der Waals surface area contributed by atoms with Gasteiger partial charge in [-0.1, -0.05) is 36.4 Å². The lowest BCUT2D eigenvalue weighted by Gasteiger charge is -2.37. The summed E-state index contributed by atoms with van der Waals surface area (Å²) in [6.45, 7) is 1.77. The van der Waals surface area contributed by atoms with Crippen LogP contribution in [0.4, 0.5) is 0 Å². The molecule has 176 valence electrons. The Morgan fingerprint density at radius 2 is 1.44 bits per heavy atom. The van der Waals surface area contributed by atoms with Crippen LogP contribution in [0.5, 0.6) is 0 Å². The lowest BCUT2D eigenvalue weighted by atomic mass is 10.0. The molecule has 0 bridgehead atoms. The van der Waals surface area contributed by atoms with Gasteiger partial charge in [0.05, 0.1) is 18.9 Å². The zero-order chi connectivity index (χ0) is 23.7. The van der Waals surface area contributed by atoms with Crippen LogP contribution < -0.4 is 0 Å². The highest BCUT2D eigenvalue weighted by Gasteiger charge is 2.41. The topological polar surface area (TPSA) is 114 Å². The second kappa shape index (κ2) is 9.32. The summed E-state index contributed by atoms with van der Waals surface area (Å²) in [6.07, 6.45) is 0.254. The Hall–Kier alpha value is -3.62. The molecule has 2 aromatic heterocycles. The number of hydrogen-bond donors (Lipinski definition) is 3. The average molecular weight is 463 g/mol. The van der Waals surface area contributed by atoms with Gasteiger partial charge in [0.25, 0.3) is 0 Å². The zero-order valence-electron chi connectivity index (χ0n) is 18.7. The fraction of sp³-hybridized carbons (Fsp3) is 0.308. The number of para-hydroxylation sites is 2. The second-order valence-corrected chi connectivity index (χ2v) is 8.63. The molecule has 1 saturated heterocycles. The molecular weight excluding hydrogens is 436 g/mol. The highest BCUT2D eigenvalue weighted by molar-refractivity contribution is 5.88. The minimum absolute atomic E-state index is 0.0127. The number of esters is 2. The number of nitrogens with one attached hydrogen (secondary N) is 2. The van der Waals surface area contributed by atoms with Crippen molar-refractivity contribution in [3.8, 4) is 0 Å². The Kier molecular flexibility index (Phi) is 6.08. The summed E-state index contributed by atoms with van der Waals surface area (Å²) in [6, 6.07) is 15.3. The molecule has 0 spiro atoms. The largest absolute Gasteiger partial charge is 0.458 e. The van der Waals surface area contributed by atoms with E-state index in [1.807, 2.05) is 48.5 Å². The number of ether oxygens (including phenoxy) is 3. The van der Waals surface area contributed by atoms with E-state index in [1.165, 1.54) is 0 Å². The lowest BCUT2D eigenvalue weighted by molar-refractivity contribution is -0.256. The lowest BCUT2D eigenvalue weighted by Crippen LogP contribution is -2.51. The van der Waals surface area contributed by atoms with Crippen molar-refractivity contribution in [3.63, 3.8) is 0 Å². The molecule has 0 saturated carbocycles. The molecule has 1 aliphatic heterocycles. The van der Waals surface area contributed by atoms with Gasteiger partial charge in [-0.05, 0) is 30.2 Å². The van der Waals surface area contributed by atoms with Crippen LogP contribution in [0.1, 0.15) is 24.5 Å². The van der Waals surface area contributed by atoms with Crippen LogP contribution in [0.2, 0.25) is 0 Å². The second-order valence-electron chi connectivity index (χ2n) is 8.63. The van der Waals surface area contributed by atoms with Crippen LogP contribution in [-0.4, -0.2) is 51.6 Å². The number of rotatable bonds is 6. The average Bonchev–Trinajstić information content (AvgIpc) is 3.41. The van der Waals surface area contributed by atoms with Gasteiger partial charge in [-0.15, -0.1) is 0 Å². The third-order valence-electron chi connectivity index (χ3n) is 6.15. The fourth-order valence-corrected chi connectivity index (χ4v) is 4.54. The van der Waals surface area contributed by atoms with Gasteiger partial charge in [0, 0.05) is 40.6 Å². The van der Waals surface area contributed by atoms with Gasteiger partial charge in [-0.25, -0.2) is 0 Å². The summed E-state index contributed by atoms with van der Waals surface area (Å²) in [4.78, 5) is 31.8. The van der Waals surface area contributed by atoms with E-state index in [0.29, 0.717) is 6.42 Å². The molecule has 5 rings (SSSR count). The number of H-pyrrole nitrogens is 2. The first-order valence-corrected chi connectivity index (χ1v) is 11.3. The van der Waals surface area contributed by atoms with Gasteiger partial charge < -0.3 is 29.3 Å². The van der Waals surface area contributed by atoms with Crippen molar-refractivity contribution in [2.24, 2.45) is 0 Å². The maximum Gasteiger partial charge on any atom is 0.310 e. The first kappa shape index (κ1) is 22.2. The number of fused-ring (bicyclic) bond motifs is 2. The van der Waals surface area contributed by atoms with Gasteiger partial charge in [0.2, 0.25) is 0 Å². The van der Waals surface area contributed by atoms with Crippen molar-refractivity contribution >= 4 is 33.7 Å². The molecule has 8 nitrogen and oxygen atoms in total. The van der Waals surface area contributed by atoms with Crippen molar-refractivity contribution in [3.05, 3.63) is 72.1 Å². The molecule has 0 amide bonds. The highest BCUT2D eigenvalue weighted by atomic mass is 16.7. The van der Waals surface area contributed by atoms with Crippen LogP contribution in [0.3, 0.4) is 0 Å². The monoisotopic (exact) mass is 462 g/mol. The van der Waals surface area contributed by atoms with E-state index in [0.717, 1.165) is 32.9 Å². The predicted molar refractivity (Wildman–Crippen MR) is 125 cm³/mol. The number of aliphatic hydroxyl groups is 1. The molecule has 1 aliphatic rings. The Bertz CT molecular complexity index is 1330. The molecule has 0 aliphatic carbocycles. The van der Waals surface area contributed by atoms with E-state index in [9.17, 15) is 14.7 Å². The number of aliphatic hydroxyl groups excluding tert-OH is 1. The van der Waals surface area contributed by atoms with Gasteiger partial charge in [0.1, 0.15) is 6.10 Å². The highest BCUT2D eigenvalue weighted by Crippen LogP contribution is 2.26. The molecule has 34 heavy (non-hydrogen) atoms. The summed E-state index contributed by atoms with van der Waals surface area (Å²) in [5.41, 5.74) is 3.45. The van der Waals surface area contributed by atoms with E-state index in [4.69, 9.17) is 14.2 Å². The van der Waals surface area contributed by atoms with E-state index in [2.05, 4.69) is 9.97 Å². The third-order valence-corrected chi connectivity index (χ3v) is 6.15. The quantitative estimate of drug-likeness (QED) is 0.379. The minimum Gasteiger partial charge on any atom is -0.458 e. The normalized spacial score (nSPS) is 22.6. The Morgan fingerprint density at radius 3 is 2.03 bits per heavy atom. The van der Waals surface area contributed by atoms with Crippen LogP contribution >= 0.6 is 0 Å². The minimum atomic E-state index is -1.39. The number of aromatic amines is 2. The number of hydrogen-bond acceptors (Lipinski definition) is 6. The van der Waals surface area contributed by atoms with Gasteiger partial charge in [-0.3, -0.25) is 9.59 Å². The molecule has 3 N–H and O–H groups in total. The van der Waals surface area contributed by atoms with Crippen molar-refractivity contribution < 1.29 is 28.9 Å². The molecular formula is C26H26N2O6. The molecule has 0 radical (unpaired) electrons. The SMILES string of the molecule is C[C@H]1C[C@@H](OC(=O)Cc2c[nH]c3ccccc23)[C@@H](OC(=O)Cc2c[nH]c3ccccc23)C(O)O1. The van der Waals surface area contributed by atoms with E-state index in [-0.39, 0.29) is 18.9 Å². The van der Waals surface area contributed by atoms with E-state index in [1.54, 1.807) is 19.3 Å². The van der Waals surface area contributed by atoms with Crippen LogP contribution in [0.25, 0.3) is 21.8 Å². The van der Waals surface area contributed by atoms with Crippen molar-refractivity contribution in [1.82, 2.24) is 9.97 Å². The maximum absolute atomic E-state index is 12.8. The van der Waals surface area contributed by atoms with E-state index >= 15 is 0 Å². The summed E-state index contributed by atoms with van der Waals surface area (Å²) < 4.78 is 16.7. The molecule has 3 heterocycles. The van der Waals surface area contributed by atoms with Gasteiger partial charge >= 0.3 is 11.9 Å².